The first kappa shape index (κ1) is 23.0. The third-order valence-electron chi connectivity index (χ3n) is 4.24. The highest BCUT2D eigenvalue weighted by atomic mass is 32.2. The third kappa shape index (κ3) is 7.26. The third-order valence-corrected chi connectivity index (χ3v) is 7.32. The Morgan fingerprint density at radius 3 is 2.57 bits per heavy atom. The molecule has 1 aromatic heterocycles. The van der Waals surface area contributed by atoms with Gasteiger partial charge in [-0.2, -0.15) is 0 Å². The van der Waals surface area contributed by atoms with Crippen molar-refractivity contribution < 1.29 is 22.7 Å². The average molecular weight is 435 g/mol. The topological polar surface area (TPSA) is 111 Å². The van der Waals surface area contributed by atoms with Crippen LogP contribution in [0.15, 0.2) is 4.34 Å². The molecule has 1 N–H and O–H groups in total. The number of rotatable bonds is 11. The highest BCUT2D eigenvalue weighted by Crippen LogP contribution is 2.22. The number of nitrogens with one attached hydrogen (secondary N) is 1. The van der Waals surface area contributed by atoms with Gasteiger partial charge in [0.1, 0.15) is 0 Å². The Hall–Kier alpha value is -1.30. The summed E-state index contributed by atoms with van der Waals surface area (Å²) in [7, 11) is -3.46. The van der Waals surface area contributed by atoms with Gasteiger partial charge in [-0.05, 0) is 19.3 Å². The fraction of sp³-hybridized carbons (Fsp3) is 0.824. The van der Waals surface area contributed by atoms with Crippen LogP contribution in [-0.4, -0.2) is 67.9 Å². The summed E-state index contributed by atoms with van der Waals surface area (Å²) in [6.45, 7) is 6.13. The van der Waals surface area contributed by atoms with Crippen molar-refractivity contribution in [3.8, 4) is 0 Å². The summed E-state index contributed by atoms with van der Waals surface area (Å²) in [4.78, 5) is 14.3. The number of hydrogen-bond acceptors (Lipinski definition) is 8. The van der Waals surface area contributed by atoms with Crippen LogP contribution in [0.1, 0.15) is 52.4 Å². The lowest BCUT2D eigenvalue weighted by Gasteiger charge is -2.29. The fourth-order valence-electron chi connectivity index (χ4n) is 2.63. The Balaban J connectivity index is 1.99. The molecule has 0 atom stereocenters. The molecule has 0 radical (unpaired) electrons. The number of hydrogen-bond donors (Lipinski definition) is 1. The summed E-state index contributed by atoms with van der Waals surface area (Å²) in [5.41, 5.74) is 0. The number of amides is 2. The summed E-state index contributed by atoms with van der Waals surface area (Å²) in [5, 5.41) is 10.4. The zero-order chi connectivity index (χ0) is 20.4. The van der Waals surface area contributed by atoms with Crippen molar-refractivity contribution in [3.05, 3.63) is 0 Å². The van der Waals surface area contributed by atoms with Crippen LogP contribution >= 0.6 is 11.3 Å². The van der Waals surface area contributed by atoms with E-state index in [4.69, 9.17) is 9.47 Å². The number of aromatic nitrogens is 2. The smallest absolute Gasteiger partial charge is 0.323 e. The van der Waals surface area contributed by atoms with Crippen molar-refractivity contribution >= 4 is 32.3 Å². The van der Waals surface area contributed by atoms with Crippen molar-refractivity contribution in [1.82, 2.24) is 15.1 Å². The number of anilines is 1. The molecule has 1 saturated heterocycles. The molecule has 28 heavy (non-hydrogen) atoms. The highest BCUT2D eigenvalue weighted by Gasteiger charge is 2.24. The van der Waals surface area contributed by atoms with Gasteiger partial charge in [-0.25, -0.2) is 13.2 Å². The van der Waals surface area contributed by atoms with Gasteiger partial charge in [-0.15, -0.1) is 10.2 Å². The van der Waals surface area contributed by atoms with Gasteiger partial charge in [-0.3, -0.25) is 5.32 Å². The lowest BCUT2D eigenvalue weighted by Crippen LogP contribution is -2.43. The van der Waals surface area contributed by atoms with Gasteiger partial charge in [0.25, 0.3) is 0 Å². The van der Waals surface area contributed by atoms with Gasteiger partial charge >= 0.3 is 6.03 Å². The molecule has 0 saturated carbocycles. The van der Waals surface area contributed by atoms with E-state index in [1.165, 1.54) is 0 Å². The number of unbranched alkanes of at least 4 members (excludes halogenated alkanes) is 3. The number of carbonyl (C=O) groups is 1. The first-order valence-electron chi connectivity index (χ1n) is 9.81. The molecule has 0 aromatic carbocycles. The number of sulfone groups is 1. The maximum atomic E-state index is 12.7. The molecule has 11 heteroatoms. The van der Waals surface area contributed by atoms with Crippen LogP contribution in [0.5, 0.6) is 0 Å². The second kappa shape index (κ2) is 11.6. The lowest BCUT2D eigenvalue weighted by molar-refractivity contribution is -0.183. The predicted octanol–water partition coefficient (Wildman–Crippen LogP) is 2.90. The average Bonchev–Trinajstić information content (AvgIpc) is 3.16. The number of nitrogens with zero attached hydrogens (tertiary/aromatic N) is 3. The molecule has 1 fully saturated rings. The van der Waals surface area contributed by atoms with E-state index in [1.54, 1.807) is 4.90 Å². The zero-order valence-corrected chi connectivity index (χ0v) is 18.2. The molecule has 1 aliphatic rings. The van der Waals surface area contributed by atoms with Crippen LogP contribution in [-0.2, 0) is 19.3 Å². The van der Waals surface area contributed by atoms with E-state index >= 15 is 0 Å². The van der Waals surface area contributed by atoms with Gasteiger partial charge in [-0.1, -0.05) is 44.4 Å². The molecule has 2 amide bonds. The van der Waals surface area contributed by atoms with E-state index in [0.717, 1.165) is 43.4 Å². The van der Waals surface area contributed by atoms with Crippen LogP contribution in [0.2, 0.25) is 0 Å². The summed E-state index contributed by atoms with van der Waals surface area (Å²) in [6, 6.07) is -0.359. The number of ether oxygens (including phenoxy) is 2. The number of urea groups is 1. The standard InChI is InChI=1S/C17H30N4O5S2/c1-3-5-7-9-21(13-14-25-10-8-11-26-14)16(22)18-15-19-20-17(27-15)28(23,24)12-6-4-2/h14H,3-13H2,1-2H3,(H,18,19,22). The van der Waals surface area contributed by atoms with Crippen molar-refractivity contribution in [3.63, 3.8) is 0 Å². The Morgan fingerprint density at radius 1 is 1.18 bits per heavy atom. The summed E-state index contributed by atoms with van der Waals surface area (Å²) < 4.78 is 35.5. The molecule has 0 unspecified atom stereocenters. The van der Waals surface area contributed by atoms with Crippen molar-refractivity contribution in [2.24, 2.45) is 0 Å². The molecule has 160 valence electrons. The van der Waals surface area contributed by atoms with Crippen LogP contribution in [0.3, 0.4) is 0 Å². The molecule has 9 nitrogen and oxygen atoms in total. The van der Waals surface area contributed by atoms with E-state index in [0.29, 0.717) is 32.7 Å². The molecule has 1 aromatic rings. The SMILES string of the molecule is CCCCCN(CC1OCCCO1)C(=O)Nc1nnc(S(=O)(=O)CCCC)s1. The Morgan fingerprint density at radius 2 is 1.89 bits per heavy atom. The van der Waals surface area contributed by atoms with Crippen LogP contribution in [0.25, 0.3) is 0 Å². The van der Waals surface area contributed by atoms with Gasteiger partial charge in [0.15, 0.2) is 6.29 Å². The quantitative estimate of drug-likeness (QED) is 0.421. The van der Waals surface area contributed by atoms with Crippen LogP contribution in [0.4, 0.5) is 9.93 Å². The van der Waals surface area contributed by atoms with Crippen molar-refractivity contribution in [1.29, 1.82) is 0 Å². The first-order valence-corrected chi connectivity index (χ1v) is 12.3. The Kier molecular flexibility index (Phi) is 9.56. The fourth-order valence-corrected chi connectivity index (χ4v) is 5.10. The Labute approximate surface area is 170 Å². The van der Waals surface area contributed by atoms with E-state index in [-0.39, 0.29) is 21.3 Å². The maximum absolute atomic E-state index is 12.7. The van der Waals surface area contributed by atoms with Gasteiger partial charge in [0.05, 0.1) is 25.5 Å². The maximum Gasteiger partial charge on any atom is 0.323 e. The van der Waals surface area contributed by atoms with E-state index in [2.05, 4.69) is 22.4 Å². The molecule has 1 aliphatic heterocycles. The van der Waals surface area contributed by atoms with Crippen LogP contribution in [0, 0.1) is 0 Å². The summed E-state index contributed by atoms with van der Waals surface area (Å²) in [6.07, 6.45) is 4.66. The second-order valence-corrected chi connectivity index (χ2v) is 9.91. The van der Waals surface area contributed by atoms with E-state index in [1.807, 2.05) is 6.92 Å². The normalized spacial score (nSPS) is 15.5. The minimum Gasteiger partial charge on any atom is -0.351 e. The first-order chi connectivity index (χ1) is 13.5. The van der Waals surface area contributed by atoms with E-state index < -0.39 is 16.1 Å². The predicted molar refractivity (Wildman–Crippen MR) is 107 cm³/mol. The molecule has 2 rings (SSSR count). The van der Waals surface area contributed by atoms with Crippen LogP contribution < -0.4 is 5.32 Å². The van der Waals surface area contributed by atoms with Gasteiger partial charge < -0.3 is 14.4 Å². The van der Waals surface area contributed by atoms with Crippen molar-refractivity contribution in [2.45, 2.75) is 63.0 Å². The molecule has 0 spiro atoms. The monoisotopic (exact) mass is 434 g/mol. The van der Waals surface area contributed by atoms with Crippen molar-refractivity contribution in [2.75, 3.05) is 37.4 Å². The largest absolute Gasteiger partial charge is 0.351 e. The summed E-state index contributed by atoms with van der Waals surface area (Å²) >= 11 is 0.879. The second-order valence-electron chi connectivity index (χ2n) is 6.65. The summed E-state index contributed by atoms with van der Waals surface area (Å²) in [5.74, 6) is 0.0333. The molecule has 0 aliphatic carbocycles. The Bertz CT molecular complexity index is 704. The molecule has 0 bridgehead atoms. The minimum absolute atomic E-state index is 0.0333. The highest BCUT2D eigenvalue weighted by molar-refractivity contribution is 7.93. The zero-order valence-electron chi connectivity index (χ0n) is 16.6. The molecular formula is C17H30N4O5S2. The number of carbonyl (C=O) groups excluding carboxylic acids is 1. The minimum atomic E-state index is -3.46. The lowest BCUT2D eigenvalue weighted by atomic mass is 10.2. The van der Waals surface area contributed by atoms with Gasteiger partial charge in [0.2, 0.25) is 19.3 Å². The molecule has 2 heterocycles. The molecular weight excluding hydrogens is 404 g/mol. The van der Waals surface area contributed by atoms with E-state index in [9.17, 15) is 13.2 Å². The van der Waals surface area contributed by atoms with Gasteiger partial charge in [0, 0.05) is 6.54 Å².